The molecule has 0 radical (unpaired) electrons. The van der Waals surface area contributed by atoms with Crippen LogP contribution >= 0.6 is 0 Å². The van der Waals surface area contributed by atoms with Crippen LogP contribution in [0, 0.1) is 17.3 Å². The van der Waals surface area contributed by atoms with Gasteiger partial charge in [0.05, 0.1) is 25.7 Å². The minimum absolute atomic E-state index is 0.178. The van der Waals surface area contributed by atoms with Gasteiger partial charge < -0.3 is 24.2 Å². The van der Waals surface area contributed by atoms with E-state index in [2.05, 4.69) is 13.8 Å². The zero-order chi connectivity index (χ0) is 20.3. The maximum atomic E-state index is 13.0. The Hall–Kier alpha value is -2.28. The molecule has 2 heterocycles. The molecule has 1 N–H and O–H groups in total. The number of carboxylic acids is 1. The Balaban J connectivity index is 1.74. The van der Waals surface area contributed by atoms with Crippen molar-refractivity contribution in [1.82, 2.24) is 4.90 Å². The van der Waals surface area contributed by atoms with Gasteiger partial charge in [-0.1, -0.05) is 13.8 Å². The third kappa shape index (κ3) is 3.94. The molecule has 1 aromatic carbocycles. The summed E-state index contributed by atoms with van der Waals surface area (Å²) >= 11 is 0. The predicted octanol–water partition coefficient (Wildman–Crippen LogP) is 2.68. The lowest BCUT2D eigenvalue weighted by Crippen LogP contribution is -2.45. The Morgan fingerprint density at radius 1 is 1.36 bits per heavy atom. The Morgan fingerprint density at radius 2 is 2.14 bits per heavy atom. The number of likely N-dealkylation sites (tertiary alicyclic amines) is 1. The van der Waals surface area contributed by atoms with Gasteiger partial charge in [-0.2, -0.15) is 0 Å². The number of amides is 1. The van der Waals surface area contributed by atoms with Crippen molar-refractivity contribution in [2.45, 2.75) is 26.7 Å². The number of hydrogen-bond donors (Lipinski definition) is 1. The minimum Gasteiger partial charge on any atom is -0.493 e. The van der Waals surface area contributed by atoms with Gasteiger partial charge in [0, 0.05) is 31.2 Å². The molecule has 2 atom stereocenters. The maximum Gasteiger partial charge on any atom is 0.311 e. The van der Waals surface area contributed by atoms with Gasteiger partial charge in [-0.15, -0.1) is 0 Å². The van der Waals surface area contributed by atoms with Crippen molar-refractivity contribution in [2.75, 3.05) is 40.0 Å². The van der Waals surface area contributed by atoms with E-state index < -0.39 is 11.4 Å². The number of hydrogen-bond acceptors (Lipinski definition) is 5. The van der Waals surface area contributed by atoms with Crippen LogP contribution < -0.4 is 9.47 Å². The molecule has 1 amide bonds. The SMILES string of the molecule is COc1cc(C(=O)N2C[C@H]3COCC[C@@]3(C(=O)O)C2)ccc1OCCC(C)C. The molecule has 0 spiro atoms. The minimum atomic E-state index is -0.905. The molecule has 2 aliphatic rings. The summed E-state index contributed by atoms with van der Waals surface area (Å²) in [6, 6.07) is 5.12. The van der Waals surface area contributed by atoms with Crippen molar-refractivity contribution < 1.29 is 28.9 Å². The van der Waals surface area contributed by atoms with Gasteiger partial charge in [0.2, 0.25) is 0 Å². The highest BCUT2D eigenvalue weighted by atomic mass is 16.5. The maximum absolute atomic E-state index is 13.0. The van der Waals surface area contributed by atoms with Crippen LogP contribution in [0.2, 0.25) is 0 Å². The number of carboxylic acid groups (broad SMARTS) is 1. The highest BCUT2D eigenvalue weighted by Crippen LogP contribution is 2.43. The fourth-order valence-corrected chi connectivity index (χ4v) is 3.96. The first-order valence-electron chi connectivity index (χ1n) is 9.78. The largest absolute Gasteiger partial charge is 0.493 e. The van der Waals surface area contributed by atoms with Crippen molar-refractivity contribution in [3.05, 3.63) is 23.8 Å². The van der Waals surface area contributed by atoms with Crippen LogP contribution in [0.5, 0.6) is 11.5 Å². The normalized spacial score (nSPS) is 24.1. The van der Waals surface area contributed by atoms with E-state index in [0.29, 0.717) is 55.8 Å². The zero-order valence-electron chi connectivity index (χ0n) is 16.8. The van der Waals surface area contributed by atoms with Crippen molar-refractivity contribution in [1.29, 1.82) is 0 Å². The topological polar surface area (TPSA) is 85.3 Å². The molecule has 7 heteroatoms. The van der Waals surface area contributed by atoms with Crippen molar-refractivity contribution in [3.63, 3.8) is 0 Å². The lowest BCUT2D eigenvalue weighted by Gasteiger charge is -2.33. The number of nitrogens with zero attached hydrogens (tertiary/aromatic N) is 1. The van der Waals surface area contributed by atoms with Crippen LogP contribution in [0.25, 0.3) is 0 Å². The van der Waals surface area contributed by atoms with Crippen LogP contribution in [0.3, 0.4) is 0 Å². The van der Waals surface area contributed by atoms with Crippen LogP contribution in [-0.2, 0) is 9.53 Å². The molecule has 0 saturated carbocycles. The lowest BCUT2D eigenvalue weighted by molar-refractivity contribution is -0.157. The average Bonchev–Trinajstić information content (AvgIpc) is 3.08. The third-order valence-corrected chi connectivity index (χ3v) is 5.78. The highest BCUT2D eigenvalue weighted by molar-refractivity contribution is 5.96. The van der Waals surface area contributed by atoms with Gasteiger partial charge in [0.1, 0.15) is 0 Å². The summed E-state index contributed by atoms with van der Waals surface area (Å²) in [5.41, 5.74) is -0.439. The summed E-state index contributed by atoms with van der Waals surface area (Å²) < 4.78 is 16.6. The number of carbonyl (C=O) groups is 2. The molecular weight excluding hydrogens is 362 g/mol. The van der Waals surface area contributed by atoms with Gasteiger partial charge in [-0.3, -0.25) is 9.59 Å². The Bertz CT molecular complexity index is 734. The molecule has 28 heavy (non-hydrogen) atoms. The summed E-state index contributed by atoms with van der Waals surface area (Å²) in [6.45, 7) is 6.24. The average molecular weight is 391 g/mol. The molecule has 0 aliphatic carbocycles. The van der Waals surface area contributed by atoms with E-state index in [1.807, 2.05) is 0 Å². The number of benzene rings is 1. The second-order valence-electron chi connectivity index (χ2n) is 8.07. The first-order chi connectivity index (χ1) is 13.4. The second kappa shape index (κ2) is 8.39. The molecule has 0 aromatic heterocycles. The van der Waals surface area contributed by atoms with E-state index in [1.54, 1.807) is 30.2 Å². The van der Waals surface area contributed by atoms with Gasteiger partial charge in [0.25, 0.3) is 5.91 Å². The number of ether oxygens (including phenoxy) is 3. The molecule has 2 saturated heterocycles. The summed E-state index contributed by atoms with van der Waals surface area (Å²) in [4.78, 5) is 26.6. The molecule has 0 unspecified atom stereocenters. The van der Waals surface area contributed by atoms with Gasteiger partial charge in [-0.05, 0) is 37.0 Å². The molecule has 2 aliphatic heterocycles. The van der Waals surface area contributed by atoms with Crippen LogP contribution in [-0.4, -0.2) is 61.9 Å². The van der Waals surface area contributed by atoms with Gasteiger partial charge in [0.15, 0.2) is 11.5 Å². The van der Waals surface area contributed by atoms with Crippen LogP contribution in [0.4, 0.5) is 0 Å². The molecule has 1 aromatic rings. The molecule has 7 nitrogen and oxygen atoms in total. The Morgan fingerprint density at radius 3 is 2.79 bits per heavy atom. The number of rotatable bonds is 7. The second-order valence-corrected chi connectivity index (χ2v) is 8.07. The number of fused-ring (bicyclic) bond motifs is 1. The standard InChI is InChI=1S/C21H29NO6/c1-14(2)6-8-28-17-5-4-15(10-18(17)26-3)19(23)22-11-16-12-27-9-7-21(16,13-22)20(24)25/h4-5,10,14,16H,6-9,11-13H2,1-3H3,(H,24,25)/t16-,21+/m0/s1. The Kier molecular flexibility index (Phi) is 6.13. The van der Waals surface area contributed by atoms with Gasteiger partial charge >= 0.3 is 5.97 Å². The van der Waals surface area contributed by atoms with Crippen LogP contribution in [0.15, 0.2) is 18.2 Å². The van der Waals surface area contributed by atoms with E-state index in [9.17, 15) is 14.7 Å². The molecule has 154 valence electrons. The van der Waals surface area contributed by atoms with E-state index in [1.165, 1.54) is 0 Å². The number of carbonyl (C=O) groups excluding carboxylic acids is 1. The molecule has 2 fully saturated rings. The van der Waals surface area contributed by atoms with Crippen molar-refractivity contribution in [3.8, 4) is 11.5 Å². The van der Waals surface area contributed by atoms with Crippen molar-refractivity contribution >= 4 is 11.9 Å². The summed E-state index contributed by atoms with van der Waals surface area (Å²) in [6.07, 6.45) is 1.36. The smallest absolute Gasteiger partial charge is 0.311 e. The van der Waals surface area contributed by atoms with Crippen molar-refractivity contribution in [2.24, 2.45) is 17.3 Å². The molecular formula is C21H29NO6. The Labute approximate surface area is 165 Å². The number of aliphatic carboxylic acids is 1. The highest BCUT2D eigenvalue weighted by Gasteiger charge is 2.54. The first-order valence-corrected chi connectivity index (χ1v) is 9.78. The van der Waals surface area contributed by atoms with E-state index in [-0.39, 0.29) is 18.4 Å². The molecule has 3 rings (SSSR count). The fraction of sp³-hybridized carbons (Fsp3) is 0.619. The zero-order valence-corrected chi connectivity index (χ0v) is 16.8. The quantitative estimate of drug-likeness (QED) is 0.769. The number of methoxy groups -OCH3 is 1. The third-order valence-electron chi connectivity index (χ3n) is 5.78. The van der Waals surface area contributed by atoms with Gasteiger partial charge in [-0.25, -0.2) is 0 Å². The summed E-state index contributed by atoms with van der Waals surface area (Å²) in [5.74, 6) is 0.427. The summed E-state index contributed by atoms with van der Waals surface area (Å²) in [7, 11) is 1.54. The monoisotopic (exact) mass is 391 g/mol. The van der Waals surface area contributed by atoms with E-state index in [4.69, 9.17) is 14.2 Å². The fourth-order valence-electron chi connectivity index (χ4n) is 3.96. The first kappa shape index (κ1) is 20.5. The van der Waals surface area contributed by atoms with E-state index in [0.717, 1.165) is 6.42 Å². The summed E-state index contributed by atoms with van der Waals surface area (Å²) in [5, 5.41) is 9.78. The van der Waals surface area contributed by atoms with Crippen LogP contribution in [0.1, 0.15) is 37.0 Å². The molecule has 0 bridgehead atoms. The van der Waals surface area contributed by atoms with E-state index >= 15 is 0 Å². The predicted molar refractivity (Wildman–Crippen MR) is 103 cm³/mol. The lowest BCUT2D eigenvalue weighted by atomic mass is 9.74.